The Morgan fingerprint density at radius 1 is 1.22 bits per heavy atom. The van der Waals surface area contributed by atoms with Gasteiger partial charge in [-0.3, -0.25) is 4.79 Å². The van der Waals surface area contributed by atoms with E-state index in [9.17, 15) is 22.8 Å². The minimum absolute atomic E-state index is 0.154. The molecule has 23 heavy (non-hydrogen) atoms. The van der Waals surface area contributed by atoms with Crippen LogP contribution in [0.25, 0.3) is 0 Å². The zero-order valence-corrected chi connectivity index (χ0v) is 13.0. The van der Waals surface area contributed by atoms with Crippen LogP contribution in [-0.2, 0) is 9.53 Å². The Bertz CT molecular complexity index is 574. The maximum atomic E-state index is 11.8. The number of nitrogens with one attached hydrogen (secondary N) is 2. The fraction of sp³-hybridized carbons (Fsp3) is 0.333. The molecule has 0 aliphatic carbocycles. The molecule has 1 aromatic rings. The van der Waals surface area contributed by atoms with Gasteiger partial charge in [0.2, 0.25) is 5.91 Å². The monoisotopic (exact) mass is 373 g/mol. The molecule has 0 heterocycles. The number of benzene rings is 1. The van der Waals surface area contributed by atoms with Crippen molar-refractivity contribution in [3.8, 4) is 0 Å². The number of nitrogen functional groups attached to an aromatic ring is 1. The number of ether oxygens (including phenoxy) is 1. The maximum Gasteiger partial charge on any atom is 0.422 e. The summed E-state index contributed by atoms with van der Waals surface area (Å²) in [6, 6.07) is 2.76. The second-order valence-electron chi connectivity index (χ2n) is 4.27. The van der Waals surface area contributed by atoms with Crippen LogP contribution in [0.2, 0.25) is 10.0 Å². The minimum Gasteiger partial charge on any atom is -0.440 e. The molecule has 1 rings (SSSR count). The molecule has 0 saturated heterocycles. The number of hydrogen-bond donors (Lipinski definition) is 3. The summed E-state index contributed by atoms with van der Waals surface area (Å²) in [5, 5.41) is 4.76. The first-order valence-corrected chi connectivity index (χ1v) is 6.86. The van der Waals surface area contributed by atoms with E-state index < -0.39 is 24.8 Å². The number of carbonyl (C=O) groups excluding carboxylic acids is 2. The van der Waals surface area contributed by atoms with Crippen LogP contribution >= 0.6 is 23.2 Å². The Morgan fingerprint density at radius 3 is 2.30 bits per heavy atom. The third-order valence-corrected chi connectivity index (χ3v) is 2.98. The van der Waals surface area contributed by atoms with Crippen molar-refractivity contribution in [1.82, 2.24) is 5.32 Å². The second-order valence-corrected chi connectivity index (χ2v) is 5.08. The smallest absolute Gasteiger partial charge is 0.422 e. The second kappa shape index (κ2) is 8.11. The molecule has 0 aromatic heterocycles. The Kier molecular flexibility index (Phi) is 6.77. The van der Waals surface area contributed by atoms with E-state index in [1.807, 2.05) is 5.32 Å². The van der Waals surface area contributed by atoms with Gasteiger partial charge in [-0.05, 0) is 12.1 Å². The van der Waals surface area contributed by atoms with Crippen LogP contribution in [-0.4, -0.2) is 31.3 Å². The first-order chi connectivity index (χ1) is 10.6. The molecule has 11 heteroatoms. The van der Waals surface area contributed by atoms with Crippen molar-refractivity contribution in [2.75, 3.05) is 24.2 Å². The molecule has 0 atom stereocenters. The number of alkyl halides is 3. The van der Waals surface area contributed by atoms with Gasteiger partial charge < -0.3 is 21.1 Å². The van der Waals surface area contributed by atoms with Gasteiger partial charge in [0.05, 0.1) is 15.7 Å². The summed E-state index contributed by atoms with van der Waals surface area (Å²) in [6.45, 7) is -1.91. The largest absolute Gasteiger partial charge is 0.440 e. The summed E-state index contributed by atoms with van der Waals surface area (Å²) in [6.07, 6.45) is -6.07. The predicted octanol–water partition coefficient (Wildman–Crippen LogP) is 3.19. The highest BCUT2D eigenvalue weighted by molar-refractivity contribution is 6.39. The van der Waals surface area contributed by atoms with Crippen LogP contribution in [0.1, 0.15) is 6.42 Å². The SMILES string of the molecule is Nc1c(Cl)cc(NC(=O)CCNC(=O)OCC(F)(F)F)cc1Cl. The van der Waals surface area contributed by atoms with Gasteiger partial charge in [-0.1, -0.05) is 23.2 Å². The van der Waals surface area contributed by atoms with Gasteiger partial charge in [-0.2, -0.15) is 13.2 Å². The zero-order valence-electron chi connectivity index (χ0n) is 11.5. The number of alkyl carbamates (subject to hydrolysis) is 1. The fourth-order valence-electron chi connectivity index (χ4n) is 1.36. The molecule has 0 fully saturated rings. The number of nitrogens with two attached hydrogens (primary N) is 1. The standard InChI is InChI=1S/C12H12Cl2F3N3O3/c13-7-3-6(4-8(14)10(7)18)20-9(21)1-2-19-11(22)23-5-12(15,16)17/h3-4H,1-2,5,18H2,(H,19,22)(H,20,21). The third kappa shape index (κ3) is 7.29. The summed E-state index contributed by atoms with van der Waals surface area (Å²) in [5.41, 5.74) is 5.99. The lowest BCUT2D eigenvalue weighted by atomic mass is 10.2. The van der Waals surface area contributed by atoms with Gasteiger partial charge in [0, 0.05) is 18.7 Å². The zero-order chi connectivity index (χ0) is 17.6. The van der Waals surface area contributed by atoms with E-state index in [0.29, 0.717) is 5.69 Å². The highest BCUT2D eigenvalue weighted by Gasteiger charge is 2.29. The molecule has 4 N–H and O–H groups in total. The number of halogens is 5. The lowest BCUT2D eigenvalue weighted by Crippen LogP contribution is -2.31. The van der Waals surface area contributed by atoms with E-state index in [2.05, 4.69) is 10.1 Å². The first-order valence-electron chi connectivity index (χ1n) is 6.10. The Morgan fingerprint density at radius 2 is 1.78 bits per heavy atom. The quantitative estimate of drug-likeness (QED) is 0.690. The van der Waals surface area contributed by atoms with E-state index >= 15 is 0 Å². The van der Waals surface area contributed by atoms with Gasteiger partial charge in [0.25, 0.3) is 0 Å². The van der Waals surface area contributed by atoms with E-state index in [0.717, 1.165) is 0 Å². The molecular weight excluding hydrogens is 362 g/mol. The van der Waals surface area contributed by atoms with Crippen molar-refractivity contribution in [1.29, 1.82) is 0 Å². The van der Waals surface area contributed by atoms with Gasteiger partial charge >= 0.3 is 12.3 Å². The summed E-state index contributed by atoms with van der Waals surface area (Å²) in [4.78, 5) is 22.6. The van der Waals surface area contributed by atoms with Crippen LogP contribution in [0.3, 0.4) is 0 Å². The minimum atomic E-state index is -4.61. The molecule has 1 aromatic carbocycles. The van der Waals surface area contributed by atoms with Crippen molar-refractivity contribution in [3.05, 3.63) is 22.2 Å². The van der Waals surface area contributed by atoms with Crippen molar-refractivity contribution in [2.45, 2.75) is 12.6 Å². The van der Waals surface area contributed by atoms with E-state index in [4.69, 9.17) is 28.9 Å². The molecule has 0 unspecified atom stereocenters. The number of amides is 2. The summed E-state index contributed by atoms with van der Waals surface area (Å²) in [7, 11) is 0. The molecule has 2 amide bonds. The molecule has 0 aliphatic rings. The first kappa shape index (κ1) is 19.2. The van der Waals surface area contributed by atoms with Gasteiger partial charge in [-0.15, -0.1) is 0 Å². The molecule has 0 radical (unpaired) electrons. The number of anilines is 2. The lowest BCUT2D eigenvalue weighted by molar-refractivity contribution is -0.160. The normalized spacial score (nSPS) is 11.0. The number of rotatable bonds is 5. The van der Waals surface area contributed by atoms with Crippen LogP contribution in [0.4, 0.5) is 29.3 Å². The molecule has 6 nitrogen and oxygen atoms in total. The van der Waals surface area contributed by atoms with Crippen molar-refractivity contribution >= 4 is 46.6 Å². The number of hydrogen-bond acceptors (Lipinski definition) is 4. The molecule has 0 saturated carbocycles. The highest BCUT2D eigenvalue weighted by Crippen LogP contribution is 2.31. The van der Waals surface area contributed by atoms with Gasteiger partial charge in [0.15, 0.2) is 6.61 Å². The Labute approximate surface area is 139 Å². The fourth-order valence-corrected chi connectivity index (χ4v) is 1.84. The molecule has 0 aliphatic heterocycles. The summed E-state index contributed by atoms with van der Waals surface area (Å²) >= 11 is 11.6. The van der Waals surface area contributed by atoms with Crippen molar-refractivity contribution < 1.29 is 27.5 Å². The van der Waals surface area contributed by atoms with Gasteiger partial charge in [-0.25, -0.2) is 4.79 Å². The average Bonchev–Trinajstić information content (AvgIpc) is 2.41. The van der Waals surface area contributed by atoms with Gasteiger partial charge in [0.1, 0.15) is 0 Å². The molecule has 0 spiro atoms. The molecular formula is C12H12Cl2F3N3O3. The van der Waals surface area contributed by atoms with Crippen molar-refractivity contribution in [2.24, 2.45) is 0 Å². The van der Waals surface area contributed by atoms with Crippen LogP contribution in [0.5, 0.6) is 0 Å². The number of carbonyl (C=O) groups is 2. The van der Waals surface area contributed by atoms with E-state index in [-0.39, 0.29) is 28.7 Å². The van der Waals surface area contributed by atoms with Crippen LogP contribution < -0.4 is 16.4 Å². The molecule has 0 bridgehead atoms. The molecule has 128 valence electrons. The average molecular weight is 374 g/mol. The van der Waals surface area contributed by atoms with Crippen LogP contribution in [0, 0.1) is 0 Å². The third-order valence-electron chi connectivity index (χ3n) is 2.35. The Balaban J connectivity index is 2.36. The van der Waals surface area contributed by atoms with Crippen molar-refractivity contribution in [3.63, 3.8) is 0 Å². The summed E-state index contributed by atoms with van der Waals surface area (Å²) < 4.78 is 39.3. The van der Waals surface area contributed by atoms with Crippen LogP contribution in [0.15, 0.2) is 12.1 Å². The maximum absolute atomic E-state index is 11.8. The Hall–Kier alpha value is -1.87. The lowest BCUT2D eigenvalue weighted by Gasteiger charge is -2.10. The van der Waals surface area contributed by atoms with E-state index in [1.54, 1.807) is 0 Å². The predicted molar refractivity (Wildman–Crippen MR) is 79.5 cm³/mol. The highest BCUT2D eigenvalue weighted by atomic mass is 35.5. The van der Waals surface area contributed by atoms with E-state index in [1.165, 1.54) is 12.1 Å². The summed E-state index contributed by atoms with van der Waals surface area (Å²) in [5.74, 6) is -0.516. The topological polar surface area (TPSA) is 93.5 Å².